The van der Waals surface area contributed by atoms with E-state index in [-0.39, 0.29) is 0 Å². The van der Waals surface area contributed by atoms with E-state index in [0.29, 0.717) is 11.8 Å². The minimum Gasteiger partial charge on any atom is -0.444 e. The first kappa shape index (κ1) is 17.5. The second-order valence-electron chi connectivity index (χ2n) is 6.82. The monoisotopic (exact) mass is 339 g/mol. The van der Waals surface area contributed by atoms with Gasteiger partial charge in [-0.3, -0.25) is 0 Å². The van der Waals surface area contributed by atoms with E-state index in [2.05, 4.69) is 5.32 Å². The maximum absolute atomic E-state index is 12.1. The molecule has 1 aliphatic carbocycles. The summed E-state index contributed by atoms with van der Waals surface area (Å²) in [5.41, 5.74) is -1.55. The van der Waals surface area contributed by atoms with Gasteiger partial charge in [-0.1, -0.05) is 30.3 Å². The fraction of sp³-hybridized carbons (Fsp3) is 0.500. The molecule has 0 heterocycles. The van der Waals surface area contributed by atoms with E-state index in [4.69, 9.17) is 4.74 Å². The average Bonchev–Trinajstić information content (AvgIpc) is 3.06. The SMILES string of the molecule is CC(C)(C)OC(=O)N[C@]1(C=O)[C@H](c2ccccc2)[C@@H]1S(C)(=O)=O. The number of aldehydes is 1. The van der Waals surface area contributed by atoms with Crippen molar-refractivity contribution in [2.45, 2.75) is 43.1 Å². The van der Waals surface area contributed by atoms with Crippen LogP contribution in [0.5, 0.6) is 0 Å². The molecule has 1 N–H and O–H groups in total. The lowest BCUT2D eigenvalue weighted by atomic mass is 10.1. The van der Waals surface area contributed by atoms with Crippen LogP contribution in [0, 0.1) is 0 Å². The maximum atomic E-state index is 12.1. The normalized spacial score (nSPS) is 27.1. The Morgan fingerprint density at radius 1 is 1.26 bits per heavy atom. The van der Waals surface area contributed by atoms with Crippen molar-refractivity contribution < 1.29 is 22.7 Å². The van der Waals surface area contributed by atoms with Crippen LogP contribution in [-0.2, 0) is 19.4 Å². The van der Waals surface area contributed by atoms with Crippen molar-refractivity contribution >= 4 is 22.2 Å². The summed E-state index contributed by atoms with van der Waals surface area (Å²) in [7, 11) is -3.54. The molecule has 0 aromatic heterocycles. The van der Waals surface area contributed by atoms with Crippen LogP contribution in [0.2, 0.25) is 0 Å². The number of hydrogen-bond acceptors (Lipinski definition) is 5. The van der Waals surface area contributed by atoms with Gasteiger partial charge in [0.05, 0.1) is 0 Å². The number of benzene rings is 1. The van der Waals surface area contributed by atoms with Crippen LogP contribution in [0.25, 0.3) is 0 Å². The molecule has 1 aromatic carbocycles. The number of alkyl carbamates (subject to hydrolysis) is 1. The summed E-state index contributed by atoms with van der Waals surface area (Å²) < 4.78 is 29.3. The second kappa shape index (κ2) is 5.63. The van der Waals surface area contributed by atoms with Gasteiger partial charge in [0, 0.05) is 12.2 Å². The van der Waals surface area contributed by atoms with Crippen LogP contribution in [0.15, 0.2) is 30.3 Å². The predicted molar refractivity (Wildman–Crippen MR) is 86.0 cm³/mol. The van der Waals surface area contributed by atoms with E-state index in [1.165, 1.54) is 0 Å². The smallest absolute Gasteiger partial charge is 0.408 e. The van der Waals surface area contributed by atoms with Gasteiger partial charge in [-0.2, -0.15) is 0 Å². The van der Waals surface area contributed by atoms with Crippen molar-refractivity contribution in [3.05, 3.63) is 35.9 Å². The lowest BCUT2D eigenvalue weighted by Crippen LogP contribution is -2.45. The van der Waals surface area contributed by atoms with Crippen LogP contribution in [0.4, 0.5) is 4.79 Å². The van der Waals surface area contributed by atoms with Crippen LogP contribution >= 0.6 is 0 Å². The highest BCUT2D eigenvalue weighted by atomic mass is 32.2. The molecular weight excluding hydrogens is 318 g/mol. The Labute approximate surface area is 136 Å². The first-order valence-electron chi connectivity index (χ1n) is 7.22. The quantitative estimate of drug-likeness (QED) is 0.843. The van der Waals surface area contributed by atoms with Gasteiger partial charge < -0.3 is 14.8 Å². The summed E-state index contributed by atoms with van der Waals surface area (Å²) in [6.07, 6.45) is 0.757. The Morgan fingerprint density at radius 3 is 2.26 bits per heavy atom. The molecule has 0 bridgehead atoms. The van der Waals surface area contributed by atoms with E-state index < -0.39 is 38.2 Å². The molecule has 1 amide bonds. The zero-order chi connectivity index (χ0) is 17.5. The minimum absolute atomic E-state index is 0.500. The van der Waals surface area contributed by atoms with E-state index >= 15 is 0 Å². The molecule has 0 radical (unpaired) electrons. The molecule has 3 atom stereocenters. The van der Waals surface area contributed by atoms with E-state index in [0.717, 1.165) is 6.26 Å². The number of rotatable bonds is 4. The summed E-state index contributed by atoms with van der Waals surface area (Å²) in [4.78, 5) is 23.7. The van der Waals surface area contributed by atoms with Gasteiger partial charge in [-0.25, -0.2) is 13.2 Å². The number of carbonyl (C=O) groups excluding carboxylic acids is 2. The first-order chi connectivity index (χ1) is 10.5. The lowest BCUT2D eigenvalue weighted by molar-refractivity contribution is -0.110. The summed E-state index contributed by atoms with van der Waals surface area (Å²) in [6, 6.07) is 8.80. The molecule has 126 valence electrons. The fourth-order valence-electron chi connectivity index (χ4n) is 2.89. The number of nitrogens with one attached hydrogen (secondary N) is 1. The summed E-state index contributed by atoms with van der Waals surface area (Å²) in [5, 5.41) is 1.47. The van der Waals surface area contributed by atoms with Crippen molar-refractivity contribution in [2.75, 3.05) is 6.26 Å². The van der Waals surface area contributed by atoms with Crippen molar-refractivity contribution in [2.24, 2.45) is 0 Å². The van der Waals surface area contributed by atoms with E-state index in [9.17, 15) is 18.0 Å². The molecule has 0 aliphatic heterocycles. The standard InChI is InChI=1S/C16H21NO5S/c1-15(2,3)22-14(19)17-16(10-18)12(13(16)23(4,20)21)11-8-6-5-7-9-11/h5-10,12-13H,1-4H3,(H,17,19)/t12-,13+,16-/m1/s1. The number of amides is 1. The summed E-state index contributed by atoms with van der Waals surface area (Å²) >= 11 is 0. The molecule has 1 saturated carbocycles. The van der Waals surface area contributed by atoms with Crippen molar-refractivity contribution in [3.8, 4) is 0 Å². The van der Waals surface area contributed by atoms with Gasteiger partial charge in [0.25, 0.3) is 0 Å². The van der Waals surface area contributed by atoms with Crippen molar-refractivity contribution in [1.82, 2.24) is 5.32 Å². The Kier molecular flexibility index (Phi) is 4.28. The third kappa shape index (κ3) is 3.55. The molecule has 6 nitrogen and oxygen atoms in total. The maximum Gasteiger partial charge on any atom is 0.408 e. The van der Waals surface area contributed by atoms with Gasteiger partial charge in [-0.15, -0.1) is 0 Å². The largest absolute Gasteiger partial charge is 0.444 e. The zero-order valence-electron chi connectivity index (χ0n) is 13.6. The van der Waals surface area contributed by atoms with Gasteiger partial charge in [0.15, 0.2) is 9.84 Å². The lowest BCUT2D eigenvalue weighted by Gasteiger charge is -2.22. The molecule has 23 heavy (non-hydrogen) atoms. The molecule has 0 spiro atoms. The molecule has 0 saturated heterocycles. The Hall–Kier alpha value is -1.89. The van der Waals surface area contributed by atoms with Crippen LogP contribution in [0.1, 0.15) is 32.3 Å². The number of ether oxygens (including phenoxy) is 1. The van der Waals surface area contributed by atoms with Gasteiger partial charge in [0.1, 0.15) is 22.7 Å². The summed E-state index contributed by atoms with van der Waals surface area (Å²) in [5.74, 6) is -0.622. The van der Waals surface area contributed by atoms with Crippen LogP contribution in [-0.4, -0.2) is 43.4 Å². The van der Waals surface area contributed by atoms with Crippen molar-refractivity contribution in [1.29, 1.82) is 0 Å². The van der Waals surface area contributed by atoms with Crippen molar-refractivity contribution in [3.63, 3.8) is 0 Å². The average molecular weight is 339 g/mol. The zero-order valence-corrected chi connectivity index (χ0v) is 14.4. The number of hydrogen-bond donors (Lipinski definition) is 1. The number of sulfone groups is 1. The highest BCUT2D eigenvalue weighted by molar-refractivity contribution is 7.91. The Balaban J connectivity index is 2.35. The second-order valence-corrected chi connectivity index (χ2v) is 8.98. The molecule has 1 aromatic rings. The van der Waals surface area contributed by atoms with Crippen LogP contribution in [0.3, 0.4) is 0 Å². The first-order valence-corrected chi connectivity index (χ1v) is 9.18. The highest BCUT2D eigenvalue weighted by Gasteiger charge is 2.71. The molecule has 7 heteroatoms. The Morgan fingerprint density at radius 2 is 1.83 bits per heavy atom. The van der Waals surface area contributed by atoms with E-state index in [1.807, 2.05) is 0 Å². The minimum atomic E-state index is -3.54. The van der Waals surface area contributed by atoms with Gasteiger partial charge in [-0.05, 0) is 26.3 Å². The van der Waals surface area contributed by atoms with Gasteiger partial charge in [0.2, 0.25) is 0 Å². The molecule has 1 aliphatic rings. The fourth-order valence-corrected chi connectivity index (χ4v) is 4.65. The van der Waals surface area contributed by atoms with Gasteiger partial charge >= 0.3 is 6.09 Å². The molecular formula is C16H21NO5S. The molecule has 0 unspecified atom stereocenters. The topological polar surface area (TPSA) is 89.5 Å². The predicted octanol–water partition coefficient (Wildman–Crippen LogP) is 1.66. The third-order valence-electron chi connectivity index (χ3n) is 3.71. The molecule has 2 rings (SSSR count). The van der Waals surface area contributed by atoms with E-state index in [1.54, 1.807) is 51.1 Å². The van der Waals surface area contributed by atoms with Crippen LogP contribution < -0.4 is 5.32 Å². The Bertz CT molecular complexity index is 708. The summed E-state index contributed by atoms with van der Waals surface area (Å²) in [6.45, 7) is 5.07. The number of carbonyl (C=O) groups is 2. The molecule has 1 fully saturated rings. The highest BCUT2D eigenvalue weighted by Crippen LogP contribution is 2.54. The third-order valence-corrected chi connectivity index (χ3v) is 5.30.